The van der Waals surface area contributed by atoms with Crippen molar-refractivity contribution in [3.05, 3.63) is 46.7 Å². The molecule has 2 bridgehead atoms. The number of anilines is 1. The largest absolute Gasteiger partial charge is 0.373 e. The van der Waals surface area contributed by atoms with E-state index in [9.17, 15) is 9.59 Å². The minimum absolute atomic E-state index is 0.0824. The van der Waals surface area contributed by atoms with Gasteiger partial charge in [0, 0.05) is 6.20 Å². The van der Waals surface area contributed by atoms with E-state index in [1.165, 1.54) is 4.90 Å². The first-order valence-electron chi connectivity index (χ1n) is 8.42. The fraction of sp³-hybridized carbons (Fsp3) is 0.389. The molecule has 0 aliphatic carbocycles. The van der Waals surface area contributed by atoms with E-state index in [2.05, 4.69) is 21.0 Å². The van der Waals surface area contributed by atoms with Gasteiger partial charge in [-0.05, 0) is 46.5 Å². The second-order valence-corrected chi connectivity index (χ2v) is 7.80. The predicted octanol–water partition coefficient (Wildman–Crippen LogP) is 2.36. The lowest BCUT2D eigenvalue weighted by atomic mass is 9.81. The van der Waals surface area contributed by atoms with Crippen LogP contribution >= 0.6 is 15.9 Å². The van der Waals surface area contributed by atoms with Gasteiger partial charge in [-0.2, -0.15) is 5.10 Å². The van der Waals surface area contributed by atoms with E-state index in [0.29, 0.717) is 12.2 Å². The molecule has 4 atom stereocenters. The zero-order valence-corrected chi connectivity index (χ0v) is 14.9. The highest BCUT2D eigenvalue weighted by atomic mass is 79.9. The Morgan fingerprint density at radius 1 is 1.16 bits per heavy atom. The highest BCUT2D eigenvalue weighted by Crippen LogP contribution is 2.49. The molecule has 0 saturated carbocycles. The number of halogens is 1. The van der Waals surface area contributed by atoms with Crippen LogP contribution in [0.15, 0.2) is 41.1 Å². The van der Waals surface area contributed by atoms with Gasteiger partial charge in [-0.25, -0.2) is 4.90 Å². The van der Waals surface area contributed by atoms with Crippen molar-refractivity contribution in [1.29, 1.82) is 0 Å². The van der Waals surface area contributed by atoms with Gasteiger partial charge in [-0.15, -0.1) is 0 Å². The lowest BCUT2D eigenvalue weighted by Crippen LogP contribution is -2.34. The first kappa shape index (κ1) is 15.3. The van der Waals surface area contributed by atoms with Crippen LogP contribution in [0.5, 0.6) is 0 Å². The number of nitrogens with zero attached hydrogens (tertiary/aromatic N) is 3. The van der Waals surface area contributed by atoms with E-state index < -0.39 is 0 Å². The molecule has 1 aromatic carbocycles. The number of hydrogen-bond acceptors (Lipinski definition) is 4. The summed E-state index contributed by atoms with van der Waals surface area (Å²) >= 11 is 3.38. The number of benzene rings is 1. The van der Waals surface area contributed by atoms with Gasteiger partial charge in [0.1, 0.15) is 0 Å². The number of amides is 2. The molecule has 4 heterocycles. The maximum atomic E-state index is 12.9. The third kappa shape index (κ3) is 2.29. The van der Waals surface area contributed by atoms with Crippen LogP contribution < -0.4 is 4.90 Å². The summed E-state index contributed by atoms with van der Waals surface area (Å²) in [5, 5.41) is 4.25. The van der Waals surface area contributed by atoms with E-state index in [1.807, 2.05) is 30.5 Å². The Hall–Kier alpha value is -1.99. The van der Waals surface area contributed by atoms with E-state index in [1.54, 1.807) is 10.9 Å². The molecular formula is C18H16BrN3O3. The summed E-state index contributed by atoms with van der Waals surface area (Å²) in [6, 6.07) is 7.57. The van der Waals surface area contributed by atoms with Crippen LogP contribution in [0, 0.1) is 11.8 Å². The molecule has 3 saturated heterocycles. The Morgan fingerprint density at radius 2 is 1.88 bits per heavy atom. The van der Waals surface area contributed by atoms with Crippen molar-refractivity contribution in [3.8, 4) is 0 Å². The number of aromatic nitrogens is 2. The maximum Gasteiger partial charge on any atom is 0.240 e. The summed E-state index contributed by atoms with van der Waals surface area (Å²) < 4.78 is 8.50. The molecule has 0 spiro atoms. The van der Waals surface area contributed by atoms with Crippen LogP contribution in [0.4, 0.5) is 5.69 Å². The second kappa shape index (κ2) is 5.51. The summed E-state index contributed by atoms with van der Waals surface area (Å²) in [5.74, 6) is -0.809. The van der Waals surface area contributed by atoms with E-state index in [-0.39, 0.29) is 35.9 Å². The predicted molar refractivity (Wildman–Crippen MR) is 92.8 cm³/mol. The van der Waals surface area contributed by atoms with Crippen LogP contribution in [0.25, 0.3) is 0 Å². The van der Waals surface area contributed by atoms with Crippen LogP contribution in [0.1, 0.15) is 18.4 Å². The number of carbonyl (C=O) groups excluding carboxylic acids is 2. The molecule has 0 unspecified atom stereocenters. The van der Waals surface area contributed by atoms with E-state index in [4.69, 9.17) is 4.74 Å². The highest BCUT2D eigenvalue weighted by molar-refractivity contribution is 9.10. The molecule has 7 heteroatoms. The Balaban J connectivity index is 1.44. The van der Waals surface area contributed by atoms with Crippen molar-refractivity contribution < 1.29 is 14.3 Å². The summed E-state index contributed by atoms with van der Waals surface area (Å²) in [7, 11) is 0. The standard InChI is InChI=1S/C18H16BrN3O3/c19-11-7-20-21(9-11)8-10-2-1-3-12(6-10)22-17(23)15-13-4-5-14(25-13)16(15)18(22)24/h1-3,6-7,9,13-16H,4-5,8H2/t13-,14-,15-,16+/m1/s1. The Labute approximate surface area is 152 Å². The van der Waals surface area contributed by atoms with Gasteiger partial charge in [0.15, 0.2) is 0 Å². The number of carbonyl (C=O) groups is 2. The molecule has 1 aromatic heterocycles. The average Bonchev–Trinajstić information content (AvgIpc) is 3.34. The molecule has 128 valence electrons. The normalized spacial score (nSPS) is 30.4. The van der Waals surface area contributed by atoms with E-state index in [0.717, 1.165) is 22.9 Å². The van der Waals surface area contributed by atoms with Gasteiger partial charge >= 0.3 is 0 Å². The van der Waals surface area contributed by atoms with Crippen molar-refractivity contribution in [3.63, 3.8) is 0 Å². The molecule has 2 amide bonds. The topological polar surface area (TPSA) is 64.4 Å². The maximum absolute atomic E-state index is 12.9. The highest BCUT2D eigenvalue weighted by Gasteiger charge is 2.62. The summed E-state index contributed by atoms with van der Waals surface area (Å²) in [6.07, 6.45) is 5.22. The minimum Gasteiger partial charge on any atom is -0.373 e. The Bertz CT molecular complexity index is 852. The molecule has 3 fully saturated rings. The van der Waals surface area contributed by atoms with Gasteiger partial charge in [0.25, 0.3) is 0 Å². The van der Waals surface area contributed by atoms with Gasteiger partial charge in [0.05, 0.1) is 46.9 Å². The zero-order chi connectivity index (χ0) is 17.1. The average molecular weight is 402 g/mol. The van der Waals surface area contributed by atoms with E-state index >= 15 is 0 Å². The van der Waals surface area contributed by atoms with Crippen LogP contribution in [0.3, 0.4) is 0 Å². The number of imide groups is 1. The Morgan fingerprint density at radius 3 is 2.52 bits per heavy atom. The number of fused-ring (bicyclic) bond motifs is 5. The van der Waals surface area contributed by atoms with Gasteiger partial charge in [-0.3, -0.25) is 14.3 Å². The van der Waals surface area contributed by atoms with Crippen molar-refractivity contribution in [2.45, 2.75) is 31.6 Å². The fourth-order valence-corrected chi connectivity index (χ4v) is 4.70. The first-order valence-corrected chi connectivity index (χ1v) is 9.21. The number of ether oxygens (including phenoxy) is 1. The van der Waals surface area contributed by atoms with Crippen LogP contribution in [-0.2, 0) is 20.9 Å². The molecular weight excluding hydrogens is 386 g/mol. The smallest absolute Gasteiger partial charge is 0.240 e. The minimum atomic E-state index is -0.294. The van der Waals surface area contributed by atoms with Crippen molar-refractivity contribution in [2.75, 3.05) is 4.90 Å². The molecule has 0 N–H and O–H groups in total. The summed E-state index contributed by atoms with van der Waals surface area (Å²) in [5.41, 5.74) is 1.64. The van der Waals surface area contributed by atoms with Gasteiger partial charge in [-0.1, -0.05) is 12.1 Å². The van der Waals surface area contributed by atoms with Crippen molar-refractivity contribution >= 4 is 33.4 Å². The lowest BCUT2D eigenvalue weighted by molar-refractivity contribution is -0.124. The summed E-state index contributed by atoms with van der Waals surface area (Å²) in [4.78, 5) is 27.1. The monoisotopic (exact) mass is 401 g/mol. The first-order chi connectivity index (χ1) is 12.1. The van der Waals surface area contributed by atoms with Gasteiger partial charge in [0.2, 0.25) is 11.8 Å². The molecule has 5 rings (SSSR count). The molecule has 0 radical (unpaired) electrons. The van der Waals surface area contributed by atoms with Crippen molar-refractivity contribution in [1.82, 2.24) is 9.78 Å². The molecule has 3 aliphatic rings. The van der Waals surface area contributed by atoms with Crippen LogP contribution in [0.2, 0.25) is 0 Å². The third-order valence-corrected chi connectivity index (χ3v) is 5.81. The fourth-order valence-electron chi connectivity index (χ4n) is 4.37. The molecule has 6 nitrogen and oxygen atoms in total. The SMILES string of the molecule is O=C1[C@@H]2[C@H](C(=O)N1c1cccc(Cn3cc(Br)cn3)c1)[C@H]1CC[C@H]2O1. The lowest BCUT2D eigenvalue weighted by Gasteiger charge is -2.18. The zero-order valence-electron chi connectivity index (χ0n) is 13.3. The molecule has 3 aliphatic heterocycles. The van der Waals surface area contributed by atoms with Crippen molar-refractivity contribution in [2.24, 2.45) is 11.8 Å². The number of rotatable bonds is 3. The summed E-state index contributed by atoms with van der Waals surface area (Å²) in [6.45, 7) is 0.580. The quantitative estimate of drug-likeness (QED) is 0.740. The van der Waals surface area contributed by atoms with Crippen LogP contribution in [-0.4, -0.2) is 33.8 Å². The molecule has 2 aromatic rings. The molecule has 25 heavy (non-hydrogen) atoms. The second-order valence-electron chi connectivity index (χ2n) is 6.88. The van der Waals surface area contributed by atoms with Gasteiger partial charge < -0.3 is 4.74 Å². The Kier molecular flexibility index (Phi) is 3.36. The number of hydrogen-bond donors (Lipinski definition) is 0. The third-order valence-electron chi connectivity index (χ3n) is 5.40.